The summed E-state index contributed by atoms with van der Waals surface area (Å²) in [5, 5.41) is 13.2. The average molecular weight is 368 g/mol. The van der Waals surface area contributed by atoms with E-state index in [1.54, 1.807) is 12.1 Å². The first-order valence-electron chi connectivity index (χ1n) is 8.07. The molecule has 0 atom stereocenters. The van der Waals surface area contributed by atoms with Gasteiger partial charge < -0.3 is 0 Å². The van der Waals surface area contributed by atoms with Gasteiger partial charge in [0.1, 0.15) is 0 Å². The lowest BCUT2D eigenvalue weighted by Crippen LogP contribution is -1.97. The van der Waals surface area contributed by atoms with Gasteiger partial charge in [0.15, 0.2) is 5.75 Å². The quantitative estimate of drug-likeness (QED) is 0.339. The maximum atomic E-state index is 12.5. The van der Waals surface area contributed by atoms with Gasteiger partial charge in [-0.3, -0.25) is 5.11 Å². The monoisotopic (exact) mass is 367 g/mol. The van der Waals surface area contributed by atoms with Crippen LogP contribution in [-0.4, -0.2) is 5.88 Å². The highest BCUT2D eigenvalue weighted by molar-refractivity contribution is 6.30. The van der Waals surface area contributed by atoms with Crippen LogP contribution in [0.4, 0.5) is 0 Å². The summed E-state index contributed by atoms with van der Waals surface area (Å²) in [7, 11) is 0. The van der Waals surface area contributed by atoms with Gasteiger partial charge in [0.2, 0.25) is 0 Å². The zero-order valence-electron chi connectivity index (χ0n) is 13.6. The number of halogens is 2. The standard InChI is InChI=1S/C22H17Cl2O/c23-15-14-19(16-10-12-18(24)13-11-16)22(17-6-2-1-3-7-17)20-8-4-5-9-21(20)25/h1-13H,14-15H2/b22-19-. The van der Waals surface area contributed by atoms with Crippen molar-refractivity contribution in [3.8, 4) is 5.75 Å². The highest BCUT2D eigenvalue weighted by Gasteiger charge is 2.17. The SMILES string of the molecule is [O]c1ccccc1/C(=C(/CCCl)c1ccc(Cl)cc1)c1ccccc1. The highest BCUT2D eigenvalue weighted by atomic mass is 35.5. The molecule has 3 heteroatoms. The predicted octanol–water partition coefficient (Wildman–Crippen LogP) is 7.07. The summed E-state index contributed by atoms with van der Waals surface area (Å²) >= 11 is 12.1. The number of alkyl halides is 1. The molecule has 0 bridgehead atoms. The molecule has 0 aliphatic rings. The predicted molar refractivity (Wildman–Crippen MR) is 106 cm³/mol. The molecular formula is C22H17Cl2O. The molecule has 0 N–H and O–H groups in total. The summed E-state index contributed by atoms with van der Waals surface area (Å²) in [6.07, 6.45) is 0.655. The van der Waals surface area contributed by atoms with E-state index in [1.807, 2.05) is 66.7 Å². The van der Waals surface area contributed by atoms with E-state index in [0.29, 0.717) is 22.9 Å². The molecule has 0 aromatic heterocycles. The molecule has 0 saturated heterocycles. The normalized spacial score (nSPS) is 11.9. The van der Waals surface area contributed by atoms with E-state index in [0.717, 1.165) is 22.3 Å². The molecule has 0 aliphatic carbocycles. The first kappa shape index (κ1) is 17.6. The number of allylic oxidation sites excluding steroid dienone is 1. The molecule has 125 valence electrons. The van der Waals surface area contributed by atoms with Gasteiger partial charge in [0, 0.05) is 16.5 Å². The molecule has 0 spiro atoms. The summed E-state index contributed by atoms with van der Waals surface area (Å²) in [5.74, 6) is 0.470. The Labute approximate surface area is 158 Å². The maximum Gasteiger partial charge on any atom is 0.186 e. The smallest absolute Gasteiger partial charge is 0.186 e. The van der Waals surface area contributed by atoms with Gasteiger partial charge in [-0.15, -0.1) is 11.6 Å². The molecule has 25 heavy (non-hydrogen) atoms. The van der Waals surface area contributed by atoms with E-state index < -0.39 is 0 Å². The molecule has 1 nitrogen and oxygen atoms in total. The van der Waals surface area contributed by atoms with E-state index in [9.17, 15) is 5.11 Å². The second kappa shape index (κ2) is 8.24. The summed E-state index contributed by atoms with van der Waals surface area (Å²) in [5.41, 5.74) is 4.67. The average Bonchev–Trinajstić information content (AvgIpc) is 2.64. The molecule has 0 aliphatic heterocycles. The maximum absolute atomic E-state index is 12.5. The van der Waals surface area contributed by atoms with Crippen LogP contribution < -0.4 is 0 Å². The largest absolute Gasteiger partial charge is 0.289 e. The fourth-order valence-electron chi connectivity index (χ4n) is 2.93. The van der Waals surface area contributed by atoms with Crippen LogP contribution in [0.5, 0.6) is 5.75 Å². The Kier molecular flexibility index (Phi) is 5.80. The fraction of sp³-hybridized carbons (Fsp3) is 0.0909. The van der Waals surface area contributed by atoms with Crippen LogP contribution in [0.3, 0.4) is 0 Å². The van der Waals surface area contributed by atoms with Gasteiger partial charge in [-0.05, 0) is 46.9 Å². The second-order valence-electron chi connectivity index (χ2n) is 5.66. The van der Waals surface area contributed by atoms with Crippen molar-refractivity contribution in [1.29, 1.82) is 0 Å². The zero-order chi connectivity index (χ0) is 17.6. The number of hydrogen-bond acceptors (Lipinski definition) is 0. The zero-order valence-corrected chi connectivity index (χ0v) is 15.1. The third-order valence-corrected chi connectivity index (χ3v) is 4.50. The Bertz CT molecular complexity index is 868. The molecule has 0 heterocycles. The van der Waals surface area contributed by atoms with Crippen molar-refractivity contribution in [1.82, 2.24) is 0 Å². The minimum Gasteiger partial charge on any atom is -0.289 e. The molecule has 0 fully saturated rings. The summed E-state index contributed by atoms with van der Waals surface area (Å²) in [6, 6.07) is 24.7. The van der Waals surface area contributed by atoms with Crippen LogP contribution in [0.2, 0.25) is 5.02 Å². The van der Waals surface area contributed by atoms with Gasteiger partial charge in [0.05, 0.1) is 0 Å². The Morgan fingerprint density at radius 1 is 0.760 bits per heavy atom. The lowest BCUT2D eigenvalue weighted by Gasteiger charge is -2.17. The topological polar surface area (TPSA) is 19.9 Å². The number of hydrogen-bond donors (Lipinski definition) is 0. The Morgan fingerprint density at radius 2 is 1.40 bits per heavy atom. The molecule has 1 radical (unpaired) electrons. The van der Waals surface area contributed by atoms with Gasteiger partial charge in [0.25, 0.3) is 0 Å². The molecule has 3 aromatic carbocycles. The van der Waals surface area contributed by atoms with Gasteiger partial charge in [-0.2, -0.15) is 0 Å². The van der Waals surface area contributed by atoms with Gasteiger partial charge in [-0.1, -0.05) is 72.3 Å². The number of rotatable bonds is 5. The van der Waals surface area contributed by atoms with Crippen molar-refractivity contribution in [3.63, 3.8) is 0 Å². The minimum atomic E-state index is 0.00221. The fourth-order valence-corrected chi connectivity index (χ4v) is 3.24. The third-order valence-electron chi connectivity index (χ3n) is 4.06. The summed E-state index contributed by atoms with van der Waals surface area (Å²) in [6.45, 7) is 0. The van der Waals surface area contributed by atoms with Crippen LogP contribution in [0, 0.1) is 0 Å². The van der Waals surface area contributed by atoms with Crippen LogP contribution in [-0.2, 0) is 5.11 Å². The first-order valence-corrected chi connectivity index (χ1v) is 8.99. The molecule has 0 unspecified atom stereocenters. The first-order chi connectivity index (χ1) is 12.2. The van der Waals surface area contributed by atoms with Crippen molar-refractivity contribution in [2.75, 3.05) is 5.88 Å². The molecule has 3 aromatic rings. The summed E-state index contributed by atoms with van der Waals surface area (Å²) in [4.78, 5) is 0. The van der Waals surface area contributed by atoms with E-state index in [1.165, 1.54) is 0 Å². The number of para-hydroxylation sites is 1. The second-order valence-corrected chi connectivity index (χ2v) is 6.48. The van der Waals surface area contributed by atoms with Crippen molar-refractivity contribution >= 4 is 34.3 Å². The molecule has 0 saturated carbocycles. The van der Waals surface area contributed by atoms with Crippen molar-refractivity contribution in [2.24, 2.45) is 0 Å². The highest BCUT2D eigenvalue weighted by Crippen LogP contribution is 2.38. The molecular weight excluding hydrogens is 351 g/mol. The van der Waals surface area contributed by atoms with Crippen molar-refractivity contribution in [2.45, 2.75) is 6.42 Å². The van der Waals surface area contributed by atoms with Crippen LogP contribution >= 0.6 is 23.2 Å². The number of benzene rings is 3. The molecule has 0 amide bonds. The lowest BCUT2D eigenvalue weighted by atomic mass is 9.88. The van der Waals surface area contributed by atoms with E-state index in [4.69, 9.17) is 23.2 Å². The van der Waals surface area contributed by atoms with Crippen molar-refractivity contribution in [3.05, 3.63) is 101 Å². The Hall–Kier alpha value is -2.22. The van der Waals surface area contributed by atoms with E-state index in [2.05, 4.69) is 0 Å². The minimum absolute atomic E-state index is 0.00221. The van der Waals surface area contributed by atoms with E-state index >= 15 is 0 Å². The lowest BCUT2D eigenvalue weighted by molar-refractivity contribution is 0.353. The van der Waals surface area contributed by atoms with Crippen LogP contribution in [0.15, 0.2) is 78.9 Å². The molecule has 3 rings (SSSR count). The van der Waals surface area contributed by atoms with E-state index in [-0.39, 0.29) is 5.75 Å². The Morgan fingerprint density at radius 3 is 2.04 bits per heavy atom. The van der Waals surface area contributed by atoms with Gasteiger partial charge in [-0.25, -0.2) is 0 Å². The third kappa shape index (κ3) is 4.07. The van der Waals surface area contributed by atoms with Crippen LogP contribution in [0.1, 0.15) is 23.1 Å². The van der Waals surface area contributed by atoms with Gasteiger partial charge >= 0.3 is 0 Å². The van der Waals surface area contributed by atoms with Crippen LogP contribution in [0.25, 0.3) is 11.1 Å². The van der Waals surface area contributed by atoms with Crippen molar-refractivity contribution < 1.29 is 5.11 Å². The summed E-state index contributed by atoms with van der Waals surface area (Å²) < 4.78 is 0. The Balaban J connectivity index is 2.31.